The molecule has 8 nitrogen and oxygen atoms in total. The van der Waals surface area contributed by atoms with Gasteiger partial charge in [-0.15, -0.1) is 0 Å². The second-order valence-corrected chi connectivity index (χ2v) is 8.92. The molecule has 0 radical (unpaired) electrons. The molecule has 10 heteroatoms. The zero-order valence-electron chi connectivity index (χ0n) is 19.1. The topological polar surface area (TPSA) is 101 Å². The summed E-state index contributed by atoms with van der Waals surface area (Å²) >= 11 is 0. The Labute approximate surface area is 195 Å². The fraction of sp³-hybridized carbons (Fsp3) is 0.417. The molecular weight excluding hydrogens is 440 g/mol. The van der Waals surface area contributed by atoms with E-state index in [9.17, 15) is 13.6 Å². The maximum absolute atomic E-state index is 13.1. The molecule has 1 aliphatic carbocycles. The molecule has 3 N–H and O–H groups in total. The number of amides is 1. The van der Waals surface area contributed by atoms with E-state index in [0.29, 0.717) is 28.5 Å². The number of carbonyl (C=O) groups excluding carboxylic acids is 1. The maximum Gasteiger partial charge on any atom is 0.256 e. The van der Waals surface area contributed by atoms with E-state index in [2.05, 4.69) is 30.6 Å². The van der Waals surface area contributed by atoms with Gasteiger partial charge in [-0.25, -0.2) is 18.7 Å². The van der Waals surface area contributed by atoms with Crippen LogP contribution >= 0.6 is 0 Å². The zero-order valence-corrected chi connectivity index (χ0v) is 19.1. The number of carbonyl (C=O) groups is 1. The number of imidazole rings is 1. The van der Waals surface area contributed by atoms with E-state index < -0.39 is 6.43 Å². The lowest BCUT2D eigenvalue weighted by atomic mass is 9.91. The van der Waals surface area contributed by atoms with Crippen LogP contribution in [0.15, 0.2) is 30.6 Å². The van der Waals surface area contributed by atoms with Gasteiger partial charge >= 0.3 is 0 Å². The highest BCUT2D eigenvalue weighted by Gasteiger charge is 2.22. The molecule has 0 saturated heterocycles. The number of rotatable bonds is 6. The molecule has 3 aromatic heterocycles. The molecule has 1 saturated carbocycles. The van der Waals surface area contributed by atoms with E-state index in [0.717, 1.165) is 42.2 Å². The molecule has 4 aromatic rings. The zero-order chi connectivity index (χ0) is 23.8. The van der Waals surface area contributed by atoms with Crippen molar-refractivity contribution in [2.45, 2.75) is 64.6 Å². The number of nitrogens with zero attached hydrogens (tertiary/aromatic N) is 4. The molecule has 34 heavy (non-hydrogen) atoms. The van der Waals surface area contributed by atoms with Gasteiger partial charge < -0.3 is 20.2 Å². The summed E-state index contributed by atoms with van der Waals surface area (Å²) in [4.78, 5) is 28.0. The number of hydrogen-bond donors (Lipinski definition) is 3. The van der Waals surface area contributed by atoms with E-state index in [4.69, 9.17) is 0 Å². The van der Waals surface area contributed by atoms with Crippen LogP contribution < -0.4 is 10.6 Å². The second-order valence-electron chi connectivity index (χ2n) is 8.92. The van der Waals surface area contributed by atoms with E-state index in [1.54, 1.807) is 24.6 Å². The van der Waals surface area contributed by atoms with Crippen molar-refractivity contribution in [3.63, 3.8) is 0 Å². The van der Waals surface area contributed by atoms with Crippen molar-refractivity contribution in [1.82, 2.24) is 29.8 Å². The molecule has 5 rings (SSSR count). The average Bonchev–Trinajstić information content (AvgIpc) is 3.34. The molecule has 1 aliphatic rings. The van der Waals surface area contributed by atoms with Gasteiger partial charge in [0.2, 0.25) is 11.9 Å². The molecule has 1 aromatic carbocycles. The second kappa shape index (κ2) is 9.00. The summed E-state index contributed by atoms with van der Waals surface area (Å²) in [6.07, 6.45) is 4.93. The van der Waals surface area contributed by atoms with Crippen molar-refractivity contribution in [1.29, 1.82) is 0 Å². The normalized spacial score (nSPS) is 18.6. The monoisotopic (exact) mass is 467 g/mol. The first-order valence-corrected chi connectivity index (χ1v) is 11.5. The highest BCUT2D eigenvalue weighted by atomic mass is 19.3. The van der Waals surface area contributed by atoms with E-state index in [-0.39, 0.29) is 24.5 Å². The van der Waals surface area contributed by atoms with Gasteiger partial charge in [0.1, 0.15) is 11.5 Å². The molecule has 1 amide bonds. The van der Waals surface area contributed by atoms with Gasteiger partial charge in [-0.3, -0.25) is 4.79 Å². The number of alkyl halides is 2. The highest BCUT2D eigenvalue weighted by Crippen LogP contribution is 2.31. The molecule has 0 bridgehead atoms. The largest absolute Gasteiger partial charge is 0.354 e. The summed E-state index contributed by atoms with van der Waals surface area (Å²) in [6, 6.07) is 6.18. The van der Waals surface area contributed by atoms with Gasteiger partial charge in [0.15, 0.2) is 0 Å². The minimum absolute atomic E-state index is 0.0144. The van der Waals surface area contributed by atoms with Crippen LogP contribution in [0.4, 0.5) is 14.7 Å². The van der Waals surface area contributed by atoms with Crippen LogP contribution in [-0.4, -0.2) is 48.9 Å². The van der Waals surface area contributed by atoms with Gasteiger partial charge in [0.25, 0.3) is 6.43 Å². The molecule has 0 unspecified atom stereocenters. The standard InChI is InChI=1S/C24H27F2N7O/c1-13-29-20-8-3-15(9-21(20)33(13)12-22(25)26)18-10-27-23-19(18)11-28-24(32-23)31-17-6-4-16(5-7-17)30-14(2)34/h3,8-11,16-17,22H,4-7,12H2,1-2H3,(H,30,34)(H2,27,28,31,32)/t16-,17+. The fourth-order valence-corrected chi connectivity index (χ4v) is 4.85. The van der Waals surface area contributed by atoms with Crippen molar-refractivity contribution in [3.05, 3.63) is 36.4 Å². The van der Waals surface area contributed by atoms with Crippen molar-refractivity contribution >= 4 is 33.9 Å². The van der Waals surface area contributed by atoms with Crippen LogP contribution in [0.5, 0.6) is 0 Å². The quantitative estimate of drug-likeness (QED) is 0.390. The number of fused-ring (bicyclic) bond motifs is 2. The SMILES string of the molecule is CC(=O)N[C@H]1CC[C@@H](Nc2ncc3c(-c4ccc5nc(C)n(CC(F)F)c5c4)c[nH]c3n2)CC1. The number of H-pyrrole nitrogens is 1. The van der Waals surface area contributed by atoms with Gasteiger partial charge in [0, 0.05) is 42.4 Å². The van der Waals surface area contributed by atoms with Crippen LogP contribution in [0.3, 0.4) is 0 Å². The predicted molar refractivity (Wildman–Crippen MR) is 127 cm³/mol. The Morgan fingerprint density at radius 1 is 1.21 bits per heavy atom. The lowest BCUT2D eigenvalue weighted by molar-refractivity contribution is -0.119. The van der Waals surface area contributed by atoms with Crippen LogP contribution in [0, 0.1) is 6.92 Å². The summed E-state index contributed by atoms with van der Waals surface area (Å²) in [7, 11) is 0. The van der Waals surface area contributed by atoms with Crippen molar-refractivity contribution in [3.8, 4) is 11.1 Å². The van der Waals surface area contributed by atoms with Gasteiger partial charge in [-0.2, -0.15) is 4.98 Å². The smallest absolute Gasteiger partial charge is 0.256 e. The summed E-state index contributed by atoms with van der Waals surface area (Å²) < 4.78 is 27.7. The molecule has 0 spiro atoms. The number of benzene rings is 1. The third-order valence-corrected chi connectivity index (χ3v) is 6.47. The third-order valence-electron chi connectivity index (χ3n) is 6.47. The predicted octanol–water partition coefficient (Wildman–Crippen LogP) is 4.41. The Hall–Kier alpha value is -3.56. The molecule has 3 heterocycles. The number of nitrogens with one attached hydrogen (secondary N) is 3. The Morgan fingerprint density at radius 3 is 2.71 bits per heavy atom. The minimum atomic E-state index is -2.45. The van der Waals surface area contributed by atoms with Gasteiger partial charge in [-0.05, 0) is 50.3 Å². The van der Waals surface area contributed by atoms with Crippen molar-refractivity contribution < 1.29 is 13.6 Å². The molecule has 1 fully saturated rings. The maximum atomic E-state index is 13.1. The lowest BCUT2D eigenvalue weighted by Gasteiger charge is -2.29. The minimum Gasteiger partial charge on any atom is -0.354 e. The molecule has 178 valence electrons. The average molecular weight is 468 g/mol. The summed E-state index contributed by atoms with van der Waals surface area (Å²) in [6.45, 7) is 2.90. The first kappa shape index (κ1) is 22.2. The Kier molecular flexibility index (Phi) is 5.89. The van der Waals surface area contributed by atoms with Crippen molar-refractivity contribution in [2.24, 2.45) is 0 Å². The number of hydrogen-bond acceptors (Lipinski definition) is 5. The summed E-state index contributed by atoms with van der Waals surface area (Å²) in [5.74, 6) is 1.14. The third kappa shape index (κ3) is 4.44. The van der Waals surface area contributed by atoms with Crippen LogP contribution in [0.2, 0.25) is 0 Å². The van der Waals surface area contributed by atoms with E-state index in [1.807, 2.05) is 24.4 Å². The molecule has 0 aliphatic heterocycles. The van der Waals surface area contributed by atoms with Gasteiger partial charge in [0.05, 0.1) is 17.6 Å². The van der Waals surface area contributed by atoms with Crippen LogP contribution in [-0.2, 0) is 11.3 Å². The van der Waals surface area contributed by atoms with E-state index in [1.165, 1.54) is 0 Å². The Balaban J connectivity index is 1.36. The highest BCUT2D eigenvalue weighted by molar-refractivity contribution is 5.95. The Bertz CT molecular complexity index is 1340. The van der Waals surface area contributed by atoms with Gasteiger partial charge in [-0.1, -0.05) is 6.07 Å². The fourth-order valence-electron chi connectivity index (χ4n) is 4.85. The number of anilines is 1. The Morgan fingerprint density at radius 2 is 1.97 bits per heavy atom. The van der Waals surface area contributed by atoms with E-state index >= 15 is 0 Å². The number of aryl methyl sites for hydroxylation is 1. The summed E-state index contributed by atoms with van der Waals surface area (Å²) in [5.41, 5.74) is 3.87. The molecule has 0 atom stereocenters. The first-order chi connectivity index (χ1) is 16.4. The van der Waals surface area contributed by atoms with Crippen molar-refractivity contribution in [2.75, 3.05) is 5.32 Å². The van der Waals surface area contributed by atoms with Crippen LogP contribution in [0.25, 0.3) is 33.2 Å². The summed E-state index contributed by atoms with van der Waals surface area (Å²) in [5, 5.41) is 7.26. The van der Waals surface area contributed by atoms with Crippen LogP contribution in [0.1, 0.15) is 38.4 Å². The molecular formula is C24H27F2N7O. The first-order valence-electron chi connectivity index (χ1n) is 11.5. The number of aromatic amines is 1. The number of halogens is 2. The lowest BCUT2D eigenvalue weighted by Crippen LogP contribution is -2.39. The number of aromatic nitrogens is 5.